The molecule has 4 aliphatic rings. The number of benzene rings is 1. The van der Waals surface area contributed by atoms with Gasteiger partial charge in [-0.2, -0.15) is 0 Å². The van der Waals surface area contributed by atoms with E-state index in [1.165, 1.54) is 56.9 Å². The Balaban J connectivity index is 1.27. The zero-order valence-electron chi connectivity index (χ0n) is 23.4. The van der Waals surface area contributed by atoms with Crippen molar-refractivity contribution in [2.75, 3.05) is 0 Å². The van der Waals surface area contributed by atoms with Gasteiger partial charge in [-0.25, -0.2) is 4.79 Å². The number of fused-ring (bicyclic) bond motifs is 5. The van der Waals surface area contributed by atoms with Gasteiger partial charge in [0.15, 0.2) is 0 Å². The second-order valence-electron chi connectivity index (χ2n) is 13.5. The van der Waals surface area contributed by atoms with Gasteiger partial charge in [0.25, 0.3) is 0 Å². The van der Waals surface area contributed by atoms with Crippen LogP contribution in [0.2, 0.25) is 0 Å². The van der Waals surface area contributed by atoms with Crippen LogP contribution in [0.3, 0.4) is 0 Å². The molecule has 0 aliphatic heterocycles. The highest BCUT2D eigenvalue weighted by molar-refractivity contribution is 5.89. The molecule has 3 saturated carbocycles. The van der Waals surface area contributed by atoms with Crippen LogP contribution >= 0.6 is 0 Å². The van der Waals surface area contributed by atoms with Crippen molar-refractivity contribution in [2.24, 2.45) is 40.4 Å². The highest BCUT2D eigenvalue weighted by Crippen LogP contribution is 2.67. The Morgan fingerprint density at radius 3 is 2.58 bits per heavy atom. The predicted molar refractivity (Wildman–Crippen MR) is 149 cm³/mol. The van der Waals surface area contributed by atoms with E-state index in [0.717, 1.165) is 42.4 Å². The fraction of sp³-hybridized carbons (Fsp3) is 0.676. The Kier molecular flexibility index (Phi) is 7.27. The molecular formula is C34H48O2. The van der Waals surface area contributed by atoms with Crippen molar-refractivity contribution in [3.05, 3.63) is 59.2 Å². The van der Waals surface area contributed by atoms with Crippen molar-refractivity contribution in [2.45, 2.75) is 105 Å². The molecule has 2 nitrogen and oxygen atoms in total. The van der Waals surface area contributed by atoms with Gasteiger partial charge in [-0.15, -0.1) is 0 Å². The molecule has 0 bridgehead atoms. The van der Waals surface area contributed by atoms with E-state index in [9.17, 15) is 4.79 Å². The Morgan fingerprint density at radius 2 is 1.83 bits per heavy atom. The fourth-order valence-electron chi connectivity index (χ4n) is 9.33. The smallest absolute Gasteiger partial charge is 0.338 e. The normalized spacial score (nSPS) is 38.1. The number of allylic oxidation sites excluding steroid dienone is 3. The number of hydrogen-bond acceptors (Lipinski definition) is 2. The Hall–Kier alpha value is -1.83. The van der Waals surface area contributed by atoms with E-state index < -0.39 is 0 Å². The number of hydrogen-bond donors (Lipinski definition) is 0. The lowest BCUT2D eigenvalue weighted by molar-refractivity contribution is -0.0592. The van der Waals surface area contributed by atoms with Crippen LogP contribution in [0.25, 0.3) is 0 Å². The molecule has 0 aromatic heterocycles. The SMILES string of the molecule is CC(C)=CCC[C@@H](C)[C@H]1CC[C@H]2[C@@H]3CC=C4C[C@@H](OC(=O)c5ccccc5)CC[C@]4(C)[C@H]3CC[C@]12C. The molecule has 0 radical (unpaired) electrons. The fourth-order valence-corrected chi connectivity index (χ4v) is 9.33. The molecule has 0 saturated heterocycles. The maximum atomic E-state index is 12.7. The van der Waals surface area contributed by atoms with Crippen LogP contribution in [0.4, 0.5) is 0 Å². The first-order valence-electron chi connectivity index (χ1n) is 14.8. The summed E-state index contributed by atoms with van der Waals surface area (Å²) in [6.45, 7) is 12.2. The lowest BCUT2D eigenvalue weighted by Crippen LogP contribution is -2.51. The van der Waals surface area contributed by atoms with Gasteiger partial charge in [0.1, 0.15) is 6.10 Å². The summed E-state index contributed by atoms with van der Waals surface area (Å²) >= 11 is 0. The van der Waals surface area contributed by atoms with Crippen molar-refractivity contribution in [3.63, 3.8) is 0 Å². The average Bonchev–Trinajstić information content (AvgIpc) is 3.22. The molecule has 0 amide bonds. The van der Waals surface area contributed by atoms with E-state index in [-0.39, 0.29) is 12.1 Å². The highest BCUT2D eigenvalue weighted by atomic mass is 16.5. The first-order valence-corrected chi connectivity index (χ1v) is 14.8. The van der Waals surface area contributed by atoms with Crippen LogP contribution in [-0.2, 0) is 4.74 Å². The summed E-state index contributed by atoms with van der Waals surface area (Å²) in [5.41, 5.74) is 4.54. The summed E-state index contributed by atoms with van der Waals surface area (Å²) in [6.07, 6.45) is 17.7. The third kappa shape index (κ3) is 4.63. The molecule has 0 unspecified atom stereocenters. The summed E-state index contributed by atoms with van der Waals surface area (Å²) in [4.78, 5) is 12.7. The molecule has 8 atom stereocenters. The van der Waals surface area contributed by atoms with Gasteiger partial charge in [0, 0.05) is 6.42 Å². The third-order valence-electron chi connectivity index (χ3n) is 11.3. The molecule has 0 spiro atoms. The topological polar surface area (TPSA) is 26.3 Å². The number of esters is 1. The maximum absolute atomic E-state index is 12.7. The van der Waals surface area contributed by atoms with Crippen LogP contribution in [0.15, 0.2) is 53.6 Å². The Morgan fingerprint density at radius 1 is 1.06 bits per heavy atom. The second kappa shape index (κ2) is 10.1. The Bertz CT molecular complexity index is 1000. The van der Waals surface area contributed by atoms with E-state index in [0.29, 0.717) is 16.4 Å². The molecule has 3 fully saturated rings. The Labute approximate surface area is 220 Å². The van der Waals surface area contributed by atoms with E-state index >= 15 is 0 Å². The van der Waals surface area contributed by atoms with Gasteiger partial charge in [0.05, 0.1) is 5.56 Å². The average molecular weight is 489 g/mol. The van der Waals surface area contributed by atoms with Crippen molar-refractivity contribution < 1.29 is 9.53 Å². The summed E-state index contributed by atoms with van der Waals surface area (Å²) in [5.74, 6) is 4.09. The lowest BCUT2D eigenvalue weighted by Gasteiger charge is -2.58. The van der Waals surface area contributed by atoms with Crippen LogP contribution in [-0.4, -0.2) is 12.1 Å². The minimum Gasteiger partial charge on any atom is -0.458 e. The first-order chi connectivity index (χ1) is 17.2. The number of carbonyl (C=O) groups is 1. The summed E-state index contributed by atoms with van der Waals surface area (Å²) in [5, 5.41) is 0. The van der Waals surface area contributed by atoms with E-state index in [1.54, 1.807) is 5.57 Å². The van der Waals surface area contributed by atoms with Crippen molar-refractivity contribution in [1.29, 1.82) is 0 Å². The minimum atomic E-state index is -0.164. The standard InChI is InChI=1S/C34H48O2/c1-23(2)10-9-11-24(3)29-16-17-30-28-15-14-26-22-27(36-32(35)25-12-7-6-8-13-25)18-20-33(26,4)31(28)19-21-34(29,30)5/h6-8,10,12-14,24,27-31H,9,11,15-22H2,1-5H3/t24-,27+,28+,29-,30+,31+,33+,34-/m1/s1. The molecule has 1 aromatic rings. The van der Waals surface area contributed by atoms with E-state index in [4.69, 9.17) is 4.74 Å². The molecular weight excluding hydrogens is 440 g/mol. The van der Waals surface area contributed by atoms with Crippen molar-refractivity contribution in [3.8, 4) is 0 Å². The summed E-state index contributed by atoms with van der Waals surface area (Å²) < 4.78 is 6.00. The predicted octanol–water partition coefficient (Wildman–Crippen LogP) is 9.17. The molecule has 5 rings (SSSR count). The molecule has 4 aliphatic carbocycles. The van der Waals surface area contributed by atoms with Gasteiger partial charge in [-0.05, 0) is 124 Å². The maximum Gasteiger partial charge on any atom is 0.338 e. The van der Waals surface area contributed by atoms with Gasteiger partial charge < -0.3 is 4.74 Å². The van der Waals surface area contributed by atoms with Crippen molar-refractivity contribution in [1.82, 2.24) is 0 Å². The van der Waals surface area contributed by atoms with Crippen molar-refractivity contribution >= 4 is 5.97 Å². The summed E-state index contributed by atoms with van der Waals surface area (Å²) in [6, 6.07) is 9.48. The molecule has 0 heterocycles. The zero-order valence-corrected chi connectivity index (χ0v) is 23.4. The van der Waals surface area contributed by atoms with Crippen LogP contribution in [0.5, 0.6) is 0 Å². The third-order valence-corrected chi connectivity index (χ3v) is 11.3. The van der Waals surface area contributed by atoms with Gasteiger partial charge in [-0.1, -0.05) is 62.3 Å². The minimum absolute atomic E-state index is 0.0277. The highest BCUT2D eigenvalue weighted by Gasteiger charge is 2.59. The molecule has 1 aromatic carbocycles. The van der Waals surface area contributed by atoms with E-state index in [1.807, 2.05) is 30.3 Å². The molecule has 196 valence electrons. The van der Waals surface area contributed by atoms with Crippen LogP contribution < -0.4 is 0 Å². The van der Waals surface area contributed by atoms with Gasteiger partial charge in [0.2, 0.25) is 0 Å². The quantitative estimate of drug-likeness (QED) is 0.295. The number of carbonyl (C=O) groups excluding carboxylic acids is 1. The van der Waals surface area contributed by atoms with Gasteiger partial charge >= 0.3 is 5.97 Å². The molecule has 36 heavy (non-hydrogen) atoms. The monoisotopic (exact) mass is 488 g/mol. The second-order valence-corrected chi connectivity index (χ2v) is 13.5. The molecule has 0 N–H and O–H groups in total. The first kappa shape index (κ1) is 25.8. The largest absolute Gasteiger partial charge is 0.458 e. The van der Waals surface area contributed by atoms with Crippen LogP contribution in [0.1, 0.15) is 109 Å². The zero-order chi connectivity index (χ0) is 25.5. The summed E-state index contributed by atoms with van der Waals surface area (Å²) in [7, 11) is 0. The number of rotatable bonds is 6. The molecule has 2 heteroatoms. The van der Waals surface area contributed by atoms with E-state index in [2.05, 4.69) is 46.8 Å². The number of ether oxygens (including phenoxy) is 1. The van der Waals surface area contributed by atoms with Gasteiger partial charge in [-0.3, -0.25) is 0 Å². The lowest BCUT2D eigenvalue weighted by atomic mass is 9.47. The van der Waals surface area contributed by atoms with Crippen LogP contribution in [0, 0.1) is 40.4 Å².